The number of benzene rings is 1. The molecule has 7 nitrogen and oxygen atoms in total. The average Bonchev–Trinajstić information content (AvgIpc) is 2.48. The highest BCUT2D eigenvalue weighted by atomic mass is 16.8. The molecular weight excluding hydrogens is 280 g/mol. The Kier molecular flexibility index (Phi) is 4.95. The summed E-state index contributed by atoms with van der Waals surface area (Å²) in [5.41, 5.74) is 0.718. The van der Waals surface area contributed by atoms with Crippen molar-refractivity contribution in [2.24, 2.45) is 0 Å². The molecule has 1 aliphatic rings. The van der Waals surface area contributed by atoms with Crippen LogP contribution in [0.2, 0.25) is 0 Å². The van der Waals surface area contributed by atoms with Crippen LogP contribution in [-0.2, 0) is 16.1 Å². The fourth-order valence-corrected chi connectivity index (χ4v) is 2.20. The molecule has 118 valence electrons. The molecule has 21 heavy (non-hydrogen) atoms. The minimum absolute atomic E-state index is 0.0796. The fraction of sp³-hybridized carbons (Fsp3) is 0.571. The maximum Gasteiger partial charge on any atom is 0.311 e. The molecule has 1 saturated heterocycles. The molecule has 1 heterocycles. The van der Waals surface area contributed by atoms with Gasteiger partial charge in [-0.3, -0.25) is 0 Å². The zero-order chi connectivity index (χ0) is 15.6. The van der Waals surface area contributed by atoms with Crippen molar-refractivity contribution in [3.05, 3.63) is 35.9 Å². The van der Waals surface area contributed by atoms with E-state index in [1.165, 1.54) is 6.92 Å². The summed E-state index contributed by atoms with van der Waals surface area (Å²) in [5, 5.41) is 49.1. The largest absolute Gasteiger partial charge is 0.391 e. The Morgan fingerprint density at radius 3 is 2.38 bits per heavy atom. The van der Waals surface area contributed by atoms with Crippen molar-refractivity contribution < 1.29 is 35.0 Å². The van der Waals surface area contributed by atoms with Crippen LogP contribution >= 0.6 is 0 Å². The highest BCUT2D eigenvalue weighted by Crippen LogP contribution is 2.31. The summed E-state index contributed by atoms with van der Waals surface area (Å²) >= 11 is 0. The van der Waals surface area contributed by atoms with Gasteiger partial charge in [0.05, 0.1) is 12.7 Å². The molecule has 0 spiro atoms. The molecule has 0 radical (unpaired) electrons. The molecular formula is C14H20O7. The molecule has 5 N–H and O–H groups in total. The van der Waals surface area contributed by atoms with Gasteiger partial charge in [0.1, 0.15) is 18.3 Å². The first-order valence-electron chi connectivity index (χ1n) is 6.65. The minimum Gasteiger partial charge on any atom is -0.391 e. The van der Waals surface area contributed by atoms with Crippen molar-refractivity contribution in [3.63, 3.8) is 0 Å². The zero-order valence-electron chi connectivity index (χ0n) is 11.5. The number of aliphatic hydroxyl groups is 5. The quantitative estimate of drug-likeness (QED) is 0.439. The number of hydrogen-bond acceptors (Lipinski definition) is 7. The van der Waals surface area contributed by atoms with E-state index in [9.17, 15) is 25.5 Å². The van der Waals surface area contributed by atoms with Crippen LogP contribution in [0.4, 0.5) is 0 Å². The van der Waals surface area contributed by atoms with Gasteiger partial charge in [-0.2, -0.15) is 0 Å². The highest BCUT2D eigenvalue weighted by Gasteiger charge is 2.55. The maximum atomic E-state index is 10.2. The van der Waals surface area contributed by atoms with E-state index in [2.05, 4.69) is 0 Å². The van der Waals surface area contributed by atoms with Gasteiger partial charge in [-0.15, -0.1) is 0 Å². The summed E-state index contributed by atoms with van der Waals surface area (Å²) in [5.74, 6) is -2.52. The normalized spacial score (nSPS) is 38.2. The minimum atomic E-state index is -2.52. The van der Waals surface area contributed by atoms with Gasteiger partial charge in [0.15, 0.2) is 6.10 Å². The topological polar surface area (TPSA) is 120 Å². The van der Waals surface area contributed by atoms with Gasteiger partial charge in [-0.1, -0.05) is 30.3 Å². The predicted molar refractivity (Wildman–Crippen MR) is 70.8 cm³/mol. The van der Waals surface area contributed by atoms with Gasteiger partial charge in [-0.25, -0.2) is 0 Å². The third-order valence-corrected chi connectivity index (χ3v) is 3.45. The third-order valence-electron chi connectivity index (χ3n) is 3.45. The monoisotopic (exact) mass is 300 g/mol. The van der Waals surface area contributed by atoms with Crippen molar-refractivity contribution in [1.29, 1.82) is 0 Å². The predicted octanol–water partition coefficient (Wildman–Crippen LogP) is -1.29. The van der Waals surface area contributed by atoms with Crippen LogP contribution in [-0.4, -0.2) is 62.0 Å². The molecule has 1 fully saturated rings. The zero-order valence-corrected chi connectivity index (χ0v) is 11.5. The van der Waals surface area contributed by atoms with Crippen LogP contribution < -0.4 is 0 Å². The van der Waals surface area contributed by atoms with Crippen LogP contribution in [0.1, 0.15) is 12.5 Å². The molecule has 1 aromatic rings. The standard InChI is InChI=1S/C14H20O7/c1-8(15)12-10(16)11(17)13(18)14(19,21-12)20-7-9-5-3-2-4-6-9/h2-6,8,10-13,15-19H,7H2,1H3/t8?,10-,11+,12-,13-,14?/m1/s1. The van der Waals surface area contributed by atoms with Crippen molar-refractivity contribution in [2.45, 2.75) is 50.0 Å². The second kappa shape index (κ2) is 6.37. The Balaban J connectivity index is 2.11. The van der Waals surface area contributed by atoms with E-state index in [1.807, 2.05) is 6.07 Å². The number of hydrogen-bond donors (Lipinski definition) is 5. The molecule has 0 amide bonds. The van der Waals surface area contributed by atoms with Crippen LogP contribution in [0.25, 0.3) is 0 Å². The van der Waals surface area contributed by atoms with Crippen LogP contribution in [0.15, 0.2) is 30.3 Å². The van der Waals surface area contributed by atoms with E-state index in [1.54, 1.807) is 24.3 Å². The molecule has 0 aromatic heterocycles. The van der Waals surface area contributed by atoms with Gasteiger partial charge in [0.2, 0.25) is 0 Å². The Labute approximate surface area is 122 Å². The van der Waals surface area contributed by atoms with E-state index >= 15 is 0 Å². The molecule has 2 rings (SSSR count). The van der Waals surface area contributed by atoms with E-state index in [-0.39, 0.29) is 6.61 Å². The second-order valence-electron chi connectivity index (χ2n) is 5.15. The van der Waals surface area contributed by atoms with Crippen LogP contribution in [0.3, 0.4) is 0 Å². The molecule has 1 aliphatic heterocycles. The Morgan fingerprint density at radius 2 is 1.81 bits per heavy atom. The van der Waals surface area contributed by atoms with Gasteiger partial charge in [0.25, 0.3) is 0 Å². The van der Waals surface area contributed by atoms with Crippen molar-refractivity contribution in [1.82, 2.24) is 0 Å². The molecule has 1 aromatic carbocycles. The lowest BCUT2D eigenvalue weighted by molar-refractivity contribution is -0.455. The summed E-state index contributed by atoms with van der Waals surface area (Å²) in [7, 11) is 0. The van der Waals surface area contributed by atoms with Gasteiger partial charge >= 0.3 is 5.97 Å². The van der Waals surface area contributed by atoms with Gasteiger partial charge in [-0.05, 0) is 12.5 Å². The van der Waals surface area contributed by atoms with Crippen molar-refractivity contribution in [3.8, 4) is 0 Å². The van der Waals surface area contributed by atoms with Crippen LogP contribution in [0.5, 0.6) is 0 Å². The fourth-order valence-electron chi connectivity index (χ4n) is 2.20. The number of aliphatic hydroxyl groups excluding tert-OH is 4. The summed E-state index contributed by atoms with van der Waals surface area (Å²) in [6, 6.07) is 8.86. The van der Waals surface area contributed by atoms with E-state index in [0.29, 0.717) is 0 Å². The Hall–Kier alpha value is -1.06. The summed E-state index contributed by atoms with van der Waals surface area (Å²) < 4.78 is 10.2. The SMILES string of the molecule is CC(O)[C@H]1OC(O)(OCc2ccccc2)[C@H](O)[C@@H](O)[C@H]1O. The molecule has 0 saturated carbocycles. The lowest BCUT2D eigenvalue weighted by Gasteiger charge is -2.45. The van der Waals surface area contributed by atoms with Crippen molar-refractivity contribution in [2.75, 3.05) is 0 Å². The lowest BCUT2D eigenvalue weighted by Crippen LogP contribution is -2.67. The van der Waals surface area contributed by atoms with Gasteiger partial charge in [0, 0.05) is 0 Å². The summed E-state index contributed by atoms with van der Waals surface area (Å²) in [4.78, 5) is 0. The smallest absolute Gasteiger partial charge is 0.311 e. The first-order chi connectivity index (χ1) is 9.85. The third kappa shape index (κ3) is 3.41. The molecule has 2 unspecified atom stereocenters. The number of ether oxygens (including phenoxy) is 2. The number of rotatable bonds is 4. The molecule has 0 bridgehead atoms. The van der Waals surface area contributed by atoms with Crippen molar-refractivity contribution >= 4 is 0 Å². The average molecular weight is 300 g/mol. The molecule has 6 atom stereocenters. The summed E-state index contributed by atoms with van der Waals surface area (Å²) in [6.07, 6.45) is -7.58. The van der Waals surface area contributed by atoms with Crippen LogP contribution in [0, 0.1) is 0 Å². The summed E-state index contributed by atoms with van der Waals surface area (Å²) in [6.45, 7) is 1.25. The van der Waals surface area contributed by atoms with E-state index in [4.69, 9.17) is 9.47 Å². The van der Waals surface area contributed by atoms with E-state index in [0.717, 1.165) is 5.56 Å². The Bertz CT molecular complexity index is 452. The maximum absolute atomic E-state index is 10.2. The highest BCUT2D eigenvalue weighted by molar-refractivity contribution is 5.13. The van der Waals surface area contributed by atoms with E-state index < -0.39 is 36.5 Å². The lowest BCUT2D eigenvalue weighted by atomic mass is 9.95. The van der Waals surface area contributed by atoms with Gasteiger partial charge < -0.3 is 35.0 Å². The second-order valence-corrected chi connectivity index (χ2v) is 5.15. The Morgan fingerprint density at radius 1 is 1.19 bits per heavy atom. The first-order valence-corrected chi connectivity index (χ1v) is 6.65. The first kappa shape index (κ1) is 16.3. The molecule has 0 aliphatic carbocycles. The molecule has 7 heteroatoms.